The first-order valence-electron chi connectivity index (χ1n) is 8.64. The maximum absolute atomic E-state index is 6.35. The second-order valence-corrected chi connectivity index (χ2v) is 7.23. The third kappa shape index (κ3) is 3.94. The largest absolute Gasteiger partial charge is 0.370 e. The summed E-state index contributed by atoms with van der Waals surface area (Å²) in [6.07, 6.45) is 2.24. The molecule has 0 radical (unpaired) electrons. The van der Waals surface area contributed by atoms with Gasteiger partial charge in [-0.3, -0.25) is 0 Å². The molecule has 3 rings (SSSR count). The molecule has 23 heavy (non-hydrogen) atoms. The molecule has 1 fully saturated rings. The van der Waals surface area contributed by atoms with Crippen LogP contribution in [0.2, 0.25) is 0 Å². The summed E-state index contributed by atoms with van der Waals surface area (Å²) in [6, 6.07) is 15.9. The third-order valence-corrected chi connectivity index (χ3v) is 5.06. The molecule has 2 unspecified atom stereocenters. The van der Waals surface area contributed by atoms with Crippen molar-refractivity contribution in [1.82, 2.24) is 0 Å². The highest BCUT2D eigenvalue weighted by atomic mass is 15.2. The molecule has 0 bridgehead atoms. The number of rotatable bonds is 3. The van der Waals surface area contributed by atoms with Gasteiger partial charge >= 0.3 is 0 Å². The standard InChI is InChI=1S/C21H28N2/c1-15-4-8-21(9-5-15)23-13-19(12-20(22)14-23)11-18-7-6-16(2)17(3)10-18/h4-10,19-20H,11-14,22H2,1-3H3. The van der Waals surface area contributed by atoms with Gasteiger partial charge in [0, 0.05) is 24.8 Å². The summed E-state index contributed by atoms with van der Waals surface area (Å²) in [4.78, 5) is 2.46. The molecule has 2 heteroatoms. The molecule has 1 heterocycles. The highest BCUT2D eigenvalue weighted by Crippen LogP contribution is 2.26. The van der Waals surface area contributed by atoms with Crippen LogP contribution in [0.3, 0.4) is 0 Å². The van der Waals surface area contributed by atoms with Crippen molar-refractivity contribution in [2.24, 2.45) is 11.7 Å². The van der Waals surface area contributed by atoms with E-state index in [1.54, 1.807) is 0 Å². The van der Waals surface area contributed by atoms with Crippen molar-refractivity contribution in [3.05, 3.63) is 64.7 Å². The lowest BCUT2D eigenvalue weighted by atomic mass is 9.88. The Bertz CT molecular complexity index is 660. The van der Waals surface area contributed by atoms with E-state index >= 15 is 0 Å². The van der Waals surface area contributed by atoms with Crippen LogP contribution in [0.5, 0.6) is 0 Å². The summed E-state index contributed by atoms with van der Waals surface area (Å²) in [7, 11) is 0. The van der Waals surface area contributed by atoms with Crippen LogP contribution in [0.15, 0.2) is 42.5 Å². The van der Waals surface area contributed by atoms with E-state index in [0.29, 0.717) is 5.92 Å². The Labute approximate surface area is 140 Å². The topological polar surface area (TPSA) is 29.3 Å². The highest BCUT2D eigenvalue weighted by Gasteiger charge is 2.25. The van der Waals surface area contributed by atoms with E-state index in [1.165, 1.54) is 27.9 Å². The fourth-order valence-corrected chi connectivity index (χ4v) is 3.62. The zero-order valence-electron chi connectivity index (χ0n) is 14.5. The average Bonchev–Trinajstić information content (AvgIpc) is 2.51. The maximum Gasteiger partial charge on any atom is 0.0367 e. The third-order valence-electron chi connectivity index (χ3n) is 5.06. The first-order valence-corrected chi connectivity index (χ1v) is 8.64. The number of hydrogen-bond donors (Lipinski definition) is 1. The predicted molar refractivity (Wildman–Crippen MR) is 99.1 cm³/mol. The van der Waals surface area contributed by atoms with E-state index in [1.807, 2.05) is 0 Å². The van der Waals surface area contributed by atoms with Gasteiger partial charge < -0.3 is 10.6 Å². The summed E-state index contributed by atoms with van der Waals surface area (Å²) in [5, 5.41) is 0. The molecule has 1 aliphatic rings. The second kappa shape index (κ2) is 6.76. The molecular formula is C21H28N2. The van der Waals surface area contributed by atoms with Crippen LogP contribution in [0.4, 0.5) is 5.69 Å². The molecule has 2 aromatic carbocycles. The van der Waals surface area contributed by atoms with Crippen LogP contribution in [-0.2, 0) is 6.42 Å². The van der Waals surface area contributed by atoms with Gasteiger partial charge in [0.15, 0.2) is 0 Å². The van der Waals surface area contributed by atoms with E-state index in [0.717, 1.165) is 25.9 Å². The summed E-state index contributed by atoms with van der Waals surface area (Å²) in [5.41, 5.74) is 13.2. The van der Waals surface area contributed by atoms with E-state index in [4.69, 9.17) is 5.73 Å². The fraction of sp³-hybridized carbons (Fsp3) is 0.429. The van der Waals surface area contributed by atoms with Crippen molar-refractivity contribution in [2.75, 3.05) is 18.0 Å². The van der Waals surface area contributed by atoms with Crippen molar-refractivity contribution in [1.29, 1.82) is 0 Å². The number of nitrogens with two attached hydrogens (primary N) is 1. The Morgan fingerprint density at radius 3 is 2.39 bits per heavy atom. The average molecular weight is 308 g/mol. The summed E-state index contributed by atoms with van der Waals surface area (Å²) in [6.45, 7) is 8.57. The van der Waals surface area contributed by atoms with Gasteiger partial charge in [0.05, 0.1) is 0 Å². The van der Waals surface area contributed by atoms with E-state index in [2.05, 4.69) is 68.1 Å². The molecule has 0 aromatic heterocycles. The second-order valence-electron chi connectivity index (χ2n) is 7.23. The summed E-state index contributed by atoms with van der Waals surface area (Å²) >= 11 is 0. The van der Waals surface area contributed by atoms with Gasteiger partial charge in [-0.25, -0.2) is 0 Å². The van der Waals surface area contributed by atoms with Crippen LogP contribution in [0, 0.1) is 26.7 Å². The van der Waals surface area contributed by atoms with Crippen molar-refractivity contribution < 1.29 is 0 Å². The van der Waals surface area contributed by atoms with E-state index < -0.39 is 0 Å². The molecule has 0 aliphatic carbocycles. The van der Waals surface area contributed by atoms with Crippen molar-refractivity contribution in [2.45, 2.75) is 39.7 Å². The van der Waals surface area contributed by atoms with Gasteiger partial charge in [-0.05, 0) is 68.4 Å². The monoisotopic (exact) mass is 308 g/mol. The van der Waals surface area contributed by atoms with Gasteiger partial charge in [-0.15, -0.1) is 0 Å². The normalized spacial score (nSPS) is 21.5. The van der Waals surface area contributed by atoms with Gasteiger partial charge in [0.1, 0.15) is 0 Å². The summed E-state index contributed by atoms with van der Waals surface area (Å²) < 4.78 is 0. The Hall–Kier alpha value is -1.80. The molecule has 122 valence electrons. The van der Waals surface area contributed by atoms with Crippen molar-refractivity contribution in [3.8, 4) is 0 Å². The number of nitrogens with zero attached hydrogens (tertiary/aromatic N) is 1. The molecule has 1 saturated heterocycles. The number of aryl methyl sites for hydroxylation is 3. The predicted octanol–water partition coefficient (Wildman–Crippen LogP) is 4.01. The summed E-state index contributed by atoms with van der Waals surface area (Å²) in [5.74, 6) is 0.627. The van der Waals surface area contributed by atoms with Crippen molar-refractivity contribution >= 4 is 5.69 Å². The quantitative estimate of drug-likeness (QED) is 0.928. The zero-order chi connectivity index (χ0) is 16.4. The van der Waals surface area contributed by atoms with Crippen LogP contribution in [0.25, 0.3) is 0 Å². The molecule has 2 nitrogen and oxygen atoms in total. The van der Waals surface area contributed by atoms with Gasteiger partial charge in [-0.2, -0.15) is 0 Å². The Morgan fingerprint density at radius 2 is 1.70 bits per heavy atom. The number of anilines is 1. The highest BCUT2D eigenvalue weighted by molar-refractivity contribution is 5.48. The maximum atomic E-state index is 6.35. The van der Waals surface area contributed by atoms with Crippen molar-refractivity contribution in [3.63, 3.8) is 0 Å². The minimum absolute atomic E-state index is 0.265. The zero-order valence-corrected chi connectivity index (χ0v) is 14.5. The molecule has 2 atom stereocenters. The van der Waals surface area contributed by atoms with Crippen LogP contribution in [-0.4, -0.2) is 19.1 Å². The van der Waals surface area contributed by atoms with Crippen LogP contribution < -0.4 is 10.6 Å². The van der Waals surface area contributed by atoms with Gasteiger partial charge in [-0.1, -0.05) is 35.9 Å². The minimum Gasteiger partial charge on any atom is -0.370 e. The van der Waals surface area contributed by atoms with Gasteiger partial charge in [0.25, 0.3) is 0 Å². The molecule has 0 spiro atoms. The lowest BCUT2D eigenvalue weighted by Gasteiger charge is -2.38. The molecule has 2 aromatic rings. The minimum atomic E-state index is 0.265. The molecular weight excluding hydrogens is 280 g/mol. The molecule has 1 aliphatic heterocycles. The lowest BCUT2D eigenvalue weighted by molar-refractivity contribution is 0.374. The number of hydrogen-bond acceptors (Lipinski definition) is 2. The van der Waals surface area contributed by atoms with Crippen LogP contribution in [0.1, 0.15) is 28.7 Å². The first kappa shape index (κ1) is 16.1. The van der Waals surface area contributed by atoms with E-state index in [-0.39, 0.29) is 6.04 Å². The Balaban J connectivity index is 1.72. The number of benzene rings is 2. The van der Waals surface area contributed by atoms with Gasteiger partial charge in [0.2, 0.25) is 0 Å². The Morgan fingerprint density at radius 1 is 0.957 bits per heavy atom. The first-order chi connectivity index (χ1) is 11.0. The molecule has 2 N–H and O–H groups in total. The molecule has 0 amide bonds. The smallest absolute Gasteiger partial charge is 0.0367 e. The lowest BCUT2D eigenvalue weighted by Crippen LogP contribution is -2.47. The fourth-order valence-electron chi connectivity index (χ4n) is 3.62. The SMILES string of the molecule is Cc1ccc(N2CC(N)CC(Cc3ccc(C)c(C)c3)C2)cc1. The van der Waals surface area contributed by atoms with Crippen LogP contribution >= 0.6 is 0 Å². The van der Waals surface area contributed by atoms with E-state index in [9.17, 15) is 0 Å². The Kier molecular flexibility index (Phi) is 4.72. The number of piperidine rings is 1. The molecule has 0 saturated carbocycles.